The summed E-state index contributed by atoms with van der Waals surface area (Å²) in [6.45, 7) is 2.11. The Morgan fingerprint density at radius 2 is 2.27 bits per heavy atom. The van der Waals surface area contributed by atoms with Crippen molar-refractivity contribution in [2.24, 2.45) is 0 Å². The number of pyridine rings is 1. The van der Waals surface area contributed by atoms with E-state index >= 15 is 0 Å². The molecule has 0 fully saturated rings. The summed E-state index contributed by atoms with van der Waals surface area (Å²) >= 11 is 0. The number of nitrogens with one attached hydrogen (secondary N) is 1. The third-order valence-electron chi connectivity index (χ3n) is 1.84. The first-order valence-electron chi connectivity index (χ1n) is 3.82. The molecule has 0 aliphatic heterocycles. The van der Waals surface area contributed by atoms with Gasteiger partial charge in [0.15, 0.2) is 0 Å². The van der Waals surface area contributed by atoms with Crippen molar-refractivity contribution >= 4 is 10.9 Å². The van der Waals surface area contributed by atoms with Crippen LogP contribution >= 0.6 is 0 Å². The van der Waals surface area contributed by atoms with E-state index in [4.69, 9.17) is 0 Å². The molecule has 0 bridgehead atoms. The van der Waals surface area contributed by atoms with Crippen molar-refractivity contribution in [3.8, 4) is 0 Å². The lowest BCUT2D eigenvalue weighted by atomic mass is 10.2. The number of rotatable bonds is 1. The highest BCUT2D eigenvalue weighted by atomic mass is 14.7. The normalized spacial score (nSPS) is 10.6. The van der Waals surface area contributed by atoms with Gasteiger partial charge in [-0.2, -0.15) is 0 Å². The second-order valence-electron chi connectivity index (χ2n) is 2.59. The van der Waals surface area contributed by atoms with Crippen molar-refractivity contribution in [2.45, 2.75) is 13.3 Å². The van der Waals surface area contributed by atoms with Gasteiger partial charge in [0.2, 0.25) is 0 Å². The molecule has 0 atom stereocenters. The Bertz CT molecular complexity index is 362. The smallest absolute Gasteiger partial charge is 0.0879 e. The summed E-state index contributed by atoms with van der Waals surface area (Å²) in [7, 11) is 0. The first-order chi connectivity index (χ1) is 5.40. The Morgan fingerprint density at radius 3 is 3.09 bits per heavy atom. The molecule has 0 saturated carbocycles. The molecule has 0 unspecified atom stereocenters. The lowest BCUT2D eigenvalue weighted by Gasteiger charge is -1.93. The van der Waals surface area contributed by atoms with Crippen LogP contribution in [0.5, 0.6) is 0 Å². The molecule has 0 spiro atoms. The Balaban J connectivity index is 2.67. The molecule has 2 nitrogen and oxygen atoms in total. The molecule has 0 radical (unpaired) electrons. The first-order valence-corrected chi connectivity index (χ1v) is 3.82. The van der Waals surface area contributed by atoms with Crippen LogP contribution in [-0.2, 0) is 6.42 Å². The van der Waals surface area contributed by atoms with Crippen LogP contribution in [0.1, 0.15) is 12.6 Å². The molecule has 0 amide bonds. The molecule has 2 heteroatoms. The standard InChI is InChI=1S/C9H10N2/c1-2-8-4-3-7-5-10-6-9(7)11-8/h3-6,10H,2H2,1H3. The summed E-state index contributed by atoms with van der Waals surface area (Å²) in [5, 5.41) is 1.18. The number of fused-ring (bicyclic) bond motifs is 1. The fraction of sp³-hybridized carbons (Fsp3) is 0.222. The summed E-state index contributed by atoms with van der Waals surface area (Å²) in [6, 6.07) is 4.16. The Morgan fingerprint density at radius 1 is 1.36 bits per heavy atom. The average Bonchev–Trinajstić information content (AvgIpc) is 2.50. The van der Waals surface area contributed by atoms with Crippen molar-refractivity contribution in [2.75, 3.05) is 0 Å². The first kappa shape index (κ1) is 6.40. The molecule has 2 heterocycles. The SMILES string of the molecule is CCc1ccc2c[nH]cc2n1. The van der Waals surface area contributed by atoms with Crippen molar-refractivity contribution in [1.82, 2.24) is 9.97 Å². The minimum atomic E-state index is 1.00. The molecule has 0 saturated heterocycles. The fourth-order valence-corrected chi connectivity index (χ4v) is 1.17. The monoisotopic (exact) mass is 146 g/mol. The number of hydrogen-bond acceptors (Lipinski definition) is 1. The number of hydrogen-bond donors (Lipinski definition) is 1. The Kier molecular flexibility index (Phi) is 1.39. The number of aromatic nitrogens is 2. The van der Waals surface area contributed by atoms with Gasteiger partial charge in [0.1, 0.15) is 0 Å². The highest BCUT2D eigenvalue weighted by Gasteiger charge is 1.95. The molecule has 11 heavy (non-hydrogen) atoms. The minimum Gasteiger partial charge on any atom is -0.365 e. The van der Waals surface area contributed by atoms with Gasteiger partial charge in [-0.3, -0.25) is 4.98 Å². The number of aromatic amines is 1. The zero-order valence-electron chi connectivity index (χ0n) is 6.46. The molecule has 0 aromatic carbocycles. The number of aryl methyl sites for hydroxylation is 1. The van der Waals surface area contributed by atoms with Crippen LogP contribution in [0.3, 0.4) is 0 Å². The van der Waals surface area contributed by atoms with Gasteiger partial charge >= 0.3 is 0 Å². The van der Waals surface area contributed by atoms with Crippen LogP contribution in [-0.4, -0.2) is 9.97 Å². The fourth-order valence-electron chi connectivity index (χ4n) is 1.17. The maximum Gasteiger partial charge on any atom is 0.0879 e. The molecule has 2 rings (SSSR count). The minimum absolute atomic E-state index is 1.00. The highest BCUT2D eigenvalue weighted by Crippen LogP contribution is 2.10. The van der Waals surface area contributed by atoms with Crippen LogP contribution in [0, 0.1) is 0 Å². The maximum atomic E-state index is 4.42. The predicted molar refractivity (Wildman–Crippen MR) is 45.5 cm³/mol. The summed E-state index contributed by atoms with van der Waals surface area (Å²) in [6.07, 6.45) is 4.89. The van der Waals surface area contributed by atoms with Gasteiger partial charge in [-0.05, 0) is 18.6 Å². The molecule has 2 aromatic heterocycles. The van der Waals surface area contributed by atoms with Gasteiger partial charge in [-0.1, -0.05) is 6.92 Å². The average molecular weight is 146 g/mol. The number of H-pyrrole nitrogens is 1. The van der Waals surface area contributed by atoms with Crippen LogP contribution < -0.4 is 0 Å². The van der Waals surface area contributed by atoms with Gasteiger partial charge in [-0.15, -0.1) is 0 Å². The molecule has 0 aliphatic carbocycles. The van der Waals surface area contributed by atoms with Crippen molar-refractivity contribution in [3.05, 3.63) is 30.2 Å². The predicted octanol–water partition coefficient (Wildman–Crippen LogP) is 2.13. The van der Waals surface area contributed by atoms with Gasteiger partial charge in [0.25, 0.3) is 0 Å². The van der Waals surface area contributed by atoms with Crippen LogP contribution in [0.15, 0.2) is 24.5 Å². The summed E-state index contributed by atoms with van der Waals surface area (Å²) in [5.41, 5.74) is 2.21. The van der Waals surface area contributed by atoms with E-state index in [0.717, 1.165) is 17.6 Å². The Hall–Kier alpha value is -1.31. The maximum absolute atomic E-state index is 4.42. The van der Waals surface area contributed by atoms with Gasteiger partial charge < -0.3 is 4.98 Å². The molecule has 1 N–H and O–H groups in total. The van der Waals surface area contributed by atoms with E-state index in [-0.39, 0.29) is 0 Å². The highest BCUT2D eigenvalue weighted by molar-refractivity contribution is 5.77. The third-order valence-corrected chi connectivity index (χ3v) is 1.84. The lowest BCUT2D eigenvalue weighted by molar-refractivity contribution is 1.06. The third kappa shape index (κ3) is 1.00. The van der Waals surface area contributed by atoms with Crippen molar-refractivity contribution in [1.29, 1.82) is 0 Å². The van der Waals surface area contributed by atoms with Crippen LogP contribution in [0.2, 0.25) is 0 Å². The van der Waals surface area contributed by atoms with E-state index in [2.05, 4.69) is 29.0 Å². The van der Waals surface area contributed by atoms with E-state index in [1.54, 1.807) is 0 Å². The van der Waals surface area contributed by atoms with Gasteiger partial charge in [-0.25, -0.2) is 0 Å². The molecule has 0 aliphatic rings. The van der Waals surface area contributed by atoms with E-state index < -0.39 is 0 Å². The summed E-state index contributed by atoms with van der Waals surface area (Å²) in [4.78, 5) is 7.45. The second-order valence-corrected chi connectivity index (χ2v) is 2.59. The van der Waals surface area contributed by atoms with Crippen molar-refractivity contribution < 1.29 is 0 Å². The van der Waals surface area contributed by atoms with Gasteiger partial charge in [0.05, 0.1) is 5.52 Å². The van der Waals surface area contributed by atoms with E-state index in [1.165, 1.54) is 5.39 Å². The molecular formula is C9H10N2. The molecular weight excluding hydrogens is 136 g/mol. The van der Waals surface area contributed by atoms with E-state index in [0.29, 0.717) is 0 Å². The zero-order valence-corrected chi connectivity index (χ0v) is 6.46. The summed E-state index contributed by atoms with van der Waals surface area (Å²) < 4.78 is 0. The summed E-state index contributed by atoms with van der Waals surface area (Å²) in [5.74, 6) is 0. The van der Waals surface area contributed by atoms with Crippen molar-refractivity contribution in [3.63, 3.8) is 0 Å². The molecule has 56 valence electrons. The largest absolute Gasteiger partial charge is 0.365 e. The van der Waals surface area contributed by atoms with E-state index in [1.807, 2.05) is 12.4 Å². The number of nitrogens with zero attached hydrogens (tertiary/aromatic N) is 1. The second kappa shape index (κ2) is 2.38. The van der Waals surface area contributed by atoms with Gasteiger partial charge in [0, 0.05) is 23.5 Å². The lowest BCUT2D eigenvalue weighted by Crippen LogP contribution is -1.84. The van der Waals surface area contributed by atoms with Crippen LogP contribution in [0.25, 0.3) is 10.9 Å². The topological polar surface area (TPSA) is 28.7 Å². The van der Waals surface area contributed by atoms with Crippen LogP contribution in [0.4, 0.5) is 0 Å². The zero-order chi connectivity index (χ0) is 7.68. The quantitative estimate of drug-likeness (QED) is 0.656. The molecule has 2 aromatic rings. The van der Waals surface area contributed by atoms with E-state index in [9.17, 15) is 0 Å². The Labute approximate surface area is 65.3 Å².